The van der Waals surface area contributed by atoms with Crippen molar-refractivity contribution in [1.29, 1.82) is 0 Å². The molecule has 0 aliphatic carbocycles. The van der Waals surface area contributed by atoms with E-state index in [-0.39, 0.29) is 12.3 Å². The number of aryl methyl sites for hydroxylation is 5. The number of unbranched alkanes of at least 4 members (excludes halogenated alkanes) is 2. The van der Waals surface area contributed by atoms with Crippen LogP contribution >= 0.6 is 0 Å². The molecule has 2 N–H and O–H groups in total. The predicted molar refractivity (Wildman–Crippen MR) is 204 cm³/mol. The molecular formula is C43H57N5O2. The topological polar surface area (TPSA) is 83.3 Å². The fraction of sp³-hybridized carbons (Fsp3) is 0.512. The minimum absolute atomic E-state index is 0.100. The number of carbonyl (C=O) groups is 1. The Bertz CT molecular complexity index is 1730. The molecule has 2 aromatic heterocycles. The van der Waals surface area contributed by atoms with Gasteiger partial charge in [0.2, 0.25) is 0 Å². The molecule has 0 amide bonds. The zero-order valence-electron chi connectivity index (χ0n) is 30.8. The Morgan fingerprint density at radius 1 is 0.980 bits per heavy atom. The Morgan fingerprint density at radius 3 is 2.58 bits per heavy atom. The molecule has 2 aliphatic heterocycles. The van der Waals surface area contributed by atoms with Gasteiger partial charge in [0.05, 0.1) is 17.8 Å². The number of pyridine rings is 1. The van der Waals surface area contributed by atoms with Gasteiger partial charge in [0.15, 0.2) is 0 Å². The monoisotopic (exact) mass is 675 g/mol. The number of nitrogens with one attached hydrogen (secondary N) is 1. The lowest BCUT2D eigenvalue weighted by Crippen LogP contribution is -2.28. The Morgan fingerprint density at radius 2 is 1.82 bits per heavy atom. The summed E-state index contributed by atoms with van der Waals surface area (Å²) in [5.41, 5.74) is 10.2. The second kappa shape index (κ2) is 16.8. The summed E-state index contributed by atoms with van der Waals surface area (Å²) in [6.45, 7) is 12.5. The summed E-state index contributed by atoms with van der Waals surface area (Å²) in [7, 11) is 0. The van der Waals surface area contributed by atoms with Crippen molar-refractivity contribution in [1.82, 2.24) is 19.7 Å². The number of aliphatic carboxylic acids is 1. The maximum Gasteiger partial charge on any atom is 0.304 e. The minimum atomic E-state index is -0.756. The molecule has 7 nitrogen and oxygen atoms in total. The van der Waals surface area contributed by atoms with Gasteiger partial charge in [-0.1, -0.05) is 69.5 Å². The molecule has 0 saturated carbocycles. The van der Waals surface area contributed by atoms with Crippen molar-refractivity contribution >= 4 is 11.8 Å². The van der Waals surface area contributed by atoms with Gasteiger partial charge >= 0.3 is 5.97 Å². The molecule has 7 heteroatoms. The van der Waals surface area contributed by atoms with Crippen molar-refractivity contribution in [3.63, 3.8) is 0 Å². The predicted octanol–water partition coefficient (Wildman–Crippen LogP) is 9.18. The summed E-state index contributed by atoms with van der Waals surface area (Å²) in [5, 5.41) is 18.4. The normalized spacial score (nSPS) is 16.8. The average Bonchev–Trinajstić information content (AvgIpc) is 3.70. The minimum Gasteiger partial charge on any atom is -0.481 e. The third-order valence-corrected chi connectivity index (χ3v) is 10.7. The van der Waals surface area contributed by atoms with E-state index in [4.69, 9.17) is 10.1 Å². The molecule has 2 unspecified atom stereocenters. The van der Waals surface area contributed by atoms with E-state index in [1.807, 2.05) is 11.6 Å². The van der Waals surface area contributed by atoms with Crippen LogP contribution < -0.4 is 5.32 Å². The summed E-state index contributed by atoms with van der Waals surface area (Å²) in [4.78, 5) is 19.7. The fourth-order valence-corrected chi connectivity index (χ4v) is 7.96. The standard InChI is InChI=1S/C43H57N5O2/c1-30(2)9-6-5-7-10-33-12-15-35(16-13-33)37-24-38(26-41(25-37)48-32(4)23-31(3)46-48)39(27-42(49)50)29-47-22-20-34(28-47)14-18-40-19-17-36-11-8-21-44-43(36)45-40/h12-13,15-17,19,23-26,30,34,39H,5-11,14,18,20-22,27-29H2,1-4H3,(H,44,45)(H,49,50). The number of aromatic nitrogens is 3. The second-order valence-corrected chi connectivity index (χ2v) is 15.4. The molecule has 50 heavy (non-hydrogen) atoms. The highest BCUT2D eigenvalue weighted by Gasteiger charge is 2.27. The summed E-state index contributed by atoms with van der Waals surface area (Å²) in [5.74, 6) is 1.56. The fourth-order valence-electron chi connectivity index (χ4n) is 7.96. The molecule has 0 spiro atoms. The molecule has 2 atom stereocenters. The van der Waals surface area contributed by atoms with Crippen LogP contribution in [-0.4, -0.2) is 56.9 Å². The van der Waals surface area contributed by atoms with Crippen LogP contribution in [0.1, 0.15) is 105 Å². The maximum absolute atomic E-state index is 12.3. The van der Waals surface area contributed by atoms with E-state index in [9.17, 15) is 9.90 Å². The Labute approximate surface area is 299 Å². The molecular weight excluding hydrogens is 619 g/mol. The van der Waals surface area contributed by atoms with E-state index < -0.39 is 5.97 Å². The molecule has 1 saturated heterocycles. The first-order valence-electron chi connectivity index (χ1n) is 19.1. The van der Waals surface area contributed by atoms with Crippen LogP contribution in [0.5, 0.6) is 0 Å². The van der Waals surface area contributed by atoms with E-state index in [1.54, 1.807) is 0 Å². The summed E-state index contributed by atoms with van der Waals surface area (Å²) >= 11 is 0. The highest BCUT2D eigenvalue weighted by Crippen LogP contribution is 2.33. The molecule has 0 bridgehead atoms. The third-order valence-electron chi connectivity index (χ3n) is 10.7. The highest BCUT2D eigenvalue weighted by molar-refractivity contribution is 5.70. The maximum atomic E-state index is 12.3. The van der Waals surface area contributed by atoms with E-state index in [1.165, 1.54) is 48.9 Å². The second-order valence-electron chi connectivity index (χ2n) is 15.4. The largest absolute Gasteiger partial charge is 0.481 e. The Balaban J connectivity index is 1.17. The van der Waals surface area contributed by atoms with Crippen LogP contribution in [0.15, 0.2) is 60.7 Å². The van der Waals surface area contributed by atoms with Crippen molar-refractivity contribution in [3.8, 4) is 16.8 Å². The quantitative estimate of drug-likeness (QED) is 0.115. The third kappa shape index (κ3) is 9.63. The van der Waals surface area contributed by atoms with Gasteiger partial charge in [0, 0.05) is 36.9 Å². The summed E-state index contributed by atoms with van der Waals surface area (Å²) in [6.07, 6.45) is 11.8. The smallest absolute Gasteiger partial charge is 0.304 e. The van der Waals surface area contributed by atoms with E-state index in [2.05, 4.69) is 91.7 Å². The molecule has 2 aliphatic rings. The number of benzene rings is 2. The molecule has 6 rings (SSSR count). The van der Waals surface area contributed by atoms with Gasteiger partial charge in [-0.2, -0.15) is 5.10 Å². The molecule has 266 valence electrons. The number of hydrogen-bond acceptors (Lipinski definition) is 5. The van der Waals surface area contributed by atoms with Gasteiger partial charge in [-0.05, 0) is 129 Å². The van der Waals surface area contributed by atoms with E-state index in [0.717, 1.165) is 104 Å². The van der Waals surface area contributed by atoms with Crippen LogP contribution in [0.2, 0.25) is 0 Å². The van der Waals surface area contributed by atoms with E-state index in [0.29, 0.717) is 5.92 Å². The Kier molecular flexibility index (Phi) is 12.1. The number of rotatable bonds is 16. The van der Waals surface area contributed by atoms with Crippen LogP contribution in [0.25, 0.3) is 16.8 Å². The highest BCUT2D eigenvalue weighted by atomic mass is 16.4. The number of carboxylic acid groups (broad SMARTS) is 1. The summed E-state index contributed by atoms with van der Waals surface area (Å²) in [6, 6.07) is 22.2. The van der Waals surface area contributed by atoms with Crippen molar-refractivity contribution in [2.75, 3.05) is 31.5 Å². The van der Waals surface area contributed by atoms with Crippen molar-refractivity contribution in [3.05, 3.63) is 94.4 Å². The lowest BCUT2D eigenvalue weighted by Gasteiger charge is -2.24. The molecule has 0 radical (unpaired) electrons. The van der Waals surface area contributed by atoms with Crippen LogP contribution in [0.4, 0.5) is 5.82 Å². The van der Waals surface area contributed by atoms with Gasteiger partial charge in [0.25, 0.3) is 0 Å². The number of hydrogen-bond donors (Lipinski definition) is 2. The zero-order chi connectivity index (χ0) is 35.0. The van der Waals surface area contributed by atoms with Crippen molar-refractivity contribution < 1.29 is 9.90 Å². The molecule has 2 aromatic carbocycles. The van der Waals surface area contributed by atoms with Crippen LogP contribution in [-0.2, 0) is 24.1 Å². The first-order chi connectivity index (χ1) is 24.2. The number of fused-ring (bicyclic) bond motifs is 1. The number of carboxylic acids is 1. The van der Waals surface area contributed by atoms with Crippen molar-refractivity contribution in [2.24, 2.45) is 11.8 Å². The zero-order valence-corrected chi connectivity index (χ0v) is 30.8. The van der Waals surface area contributed by atoms with Gasteiger partial charge in [-0.15, -0.1) is 0 Å². The van der Waals surface area contributed by atoms with E-state index >= 15 is 0 Å². The first-order valence-corrected chi connectivity index (χ1v) is 19.1. The number of nitrogens with zero attached hydrogens (tertiary/aromatic N) is 4. The summed E-state index contributed by atoms with van der Waals surface area (Å²) < 4.78 is 2.00. The Hall–Kier alpha value is -3.97. The molecule has 1 fully saturated rings. The van der Waals surface area contributed by atoms with Gasteiger partial charge in [-0.25, -0.2) is 9.67 Å². The average molecular weight is 676 g/mol. The van der Waals surface area contributed by atoms with Gasteiger partial charge < -0.3 is 15.3 Å². The van der Waals surface area contributed by atoms with Gasteiger partial charge in [-0.3, -0.25) is 4.79 Å². The number of anilines is 1. The molecule has 4 heterocycles. The lowest BCUT2D eigenvalue weighted by atomic mass is 9.91. The number of likely N-dealkylation sites (tertiary alicyclic amines) is 1. The van der Waals surface area contributed by atoms with Crippen LogP contribution in [0, 0.1) is 25.7 Å². The SMILES string of the molecule is Cc1cc(C)n(-c2cc(-c3ccc(CCCCCC(C)C)cc3)cc(C(CC(=O)O)CN3CCC(CCc4ccc5c(n4)NCCC5)C3)c2)n1. The lowest BCUT2D eigenvalue weighted by molar-refractivity contribution is -0.137. The molecule has 4 aromatic rings. The first kappa shape index (κ1) is 35.8. The van der Waals surface area contributed by atoms with Gasteiger partial charge in [0.1, 0.15) is 5.82 Å². The van der Waals surface area contributed by atoms with Crippen molar-refractivity contribution in [2.45, 2.75) is 104 Å². The van der Waals surface area contributed by atoms with Crippen LogP contribution in [0.3, 0.4) is 0 Å².